The fourth-order valence-corrected chi connectivity index (χ4v) is 5.84. The first-order chi connectivity index (χ1) is 31.0. The van der Waals surface area contributed by atoms with Crippen LogP contribution in [0.4, 0.5) is 0 Å². The zero-order valence-electron chi connectivity index (χ0n) is 44.1. The second kappa shape index (κ2) is 17.3. The maximum atomic E-state index is 9.56. The fourth-order valence-electron chi connectivity index (χ4n) is 5.84. The third-order valence-corrected chi connectivity index (χ3v) is 8.26. The van der Waals surface area contributed by atoms with Crippen molar-refractivity contribution in [2.45, 2.75) is 61.5 Å². The predicted molar refractivity (Wildman–Crippen MR) is 224 cm³/mol. The maximum Gasteiger partial charge on any atom is 3.00 e. The topological polar surface area (TPSA) is 61.2 Å². The number of benzene rings is 4. The molecule has 0 fully saturated rings. The van der Waals surface area contributed by atoms with Crippen molar-refractivity contribution in [2.75, 3.05) is 0 Å². The molecule has 0 bridgehead atoms. The van der Waals surface area contributed by atoms with Crippen LogP contribution in [0.1, 0.15) is 86.0 Å². The molecular weight excluding hydrogens is 839 g/mol. The molecular formula is C49H46IrN3O. The van der Waals surface area contributed by atoms with Crippen LogP contribution in [0, 0.1) is 45.0 Å². The van der Waals surface area contributed by atoms with Gasteiger partial charge in [-0.05, 0) is 83.6 Å². The molecule has 54 heavy (non-hydrogen) atoms. The van der Waals surface area contributed by atoms with Gasteiger partial charge in [0.2, 0.25) is 5.71 Å². The Morgan fingerprint density at radius 3 is 2.41 bits per heavy atom. The summed E-state index contributed by atoms with van der Waals surface area (Å²) in [5, 5.41) is 11.1. The normalized spacial score (nSPS) is 17.0. The van der Waals surface area contributed by atoms with Crippen LogP contribution in [0.2, 0.25) is 0 Å². The molecule has 0 amide bonds. The van der Waals surface area contributed by atoms with E-state index in [0.717, 1.165) is 22.7 Å². The summed E-state index contributed by atoms with van der Waals surface area (Å²) in [6.45, 7) is -2.02. The van der Waals surface area contributed by atoms with Crippen LogP contribution in [0.3, 0.4) is 0 Å². The van der Waals surface area contributed by atoms with Gasteiger partial charge in [-0.3, -0.25) is 0 Å². The molecule has 0 N–H and O–H groups in total. The van der Waals surface area contributed by atoms with Gasteiger partial charge in [-0.1, -0.05) is 118 Å². The summed E-state index contributed by atoms with van der Waals surface area (Å²) in [7, 11) is 0. The van der Waals surface area contributed by atoms with Crippen molar-refractivity contribution in [1.29, 1.82) is 0 Å². The monoisotopic (exact) mass is 899 g/mol. The second-order valence-electron chi connectivity index (χ2n) is 13.4. The van der Waals surface area contributed by atoms with Crippen LogP contribution in [-0.2, 0) is 26.5 Å². The van der Waals surface area contributed by atoms with Gasteiger partial charge in [-0.15, -0.1) is 58.7 Å². The Morgan fingerprint density at radius 1 is 0.889 bits per heavy atom. The van der Waals surface area contributed by atoms with Crippen LogP contribution in [0.25, 0.3) is 61.0 Å². The smallest absolute Gasteiger partial charge is 0.811 e. The molecule has 0 radical (unpaired) electrons. The SMILES string of the molecule is [2H]C([2H])([2H])c1ccc(-c2[c-]cc(C([2H])([2H])[2H])c(-c3ccccc3C([2H])([2H])[2H])c2)nc1.[2H]C([2H])([2H])c1ccc2c(n1)oc1c(/C(C)=C/C(=C\C=[N-])c3ccc(C([2H])([2H])C(C)(C)C)cc3)[c-]ccc12.[Ir+3]. The summed E-state index contributed by atoms with van der Waals surface area (Å²) >= 11 is 0. The number of hydrogen-bond donors (Lipinski definition) is 0. The Hall–Kier alpha value is -5.22. The van der Waals surface area contributed by atoms with Gasteiger partial charge in [0, 0.05) is 36.5 Å². The number of hydrogen-bond acceptors (Lipinski definition) is 3. The zero-order valence-corrected chi connectivity index (χ0v) is 32.5. The maximum absolute atomic E-state index is 9.56. The molecule has 4 aromatic carbocycles. The fraction of sp³-hybridized carbons (Fsp3) is 0.204. The molecule has 3 aromatic heterocycles. The van der Waals surface area contributed by atoms with E-state index in [0.29, 0.717) is 38.9 Å². The summed E-state index contributed by atoms with van der Waals surface area (Å²) in [4.78, 5) is 8.39. The van der Waals surface area contributed by atoms with Crippen molar-refractivity contribution >= 4 is 39.4 Å². The van der Waals surface area contributed by atoms with Gasteiger partial charge >= 0.3 is 20.1 Å². The standard InChI is InChI=1S/C29H28N2O.C20H18N.Ir/c1-19(17-23(15-16-30)22-12-10-21(11-13-22)18-29(3,4)5)24-7-6-8-25-26-14-9-20(2)31-28(26)32-27(24)25;1-14-8-11-20(21-13-14)17-10-9-16(3)19(12-17)18-7-5-4-6-15(18)2;/h6,8-17H,18H2,1-5H3;4-9,11-13H,1-3H3;/q-2;-1;+3/b19-17+,23-15+;;/i2D3,18D2;1D3,2D3,3D3;. The summed E-state index contributed by atoms with van der Waals surface area (Å²) in [6.07, 6.45) is 4.15. The number of nitrogens with zero attached hydrogens (tertiary/aromatic N) is 3. The molecule has 0 aliphatic rings. The second-order valence-corrected chi connectivity index (χ2v) is 13.4. The first-order valence-corrected chi connectivity index (χ1v) is 16.9. The van der Waals surface area contributed by atoms with Crippen LogP contribution in [0.5, 0.6) is 0 Å². The van der Waals surface area contributed by atoms with Gasteiger partial charge < -0.3 is 14.8 Å². The number of aryl methyl sites for hydroxylation is 4. The third-order valence-electron chi connectivity index (χ3n) is 8.26. The molecule has 3 heterocycles. The average Bonchev–Trinajstić information content (AvgIpc) is 3.63. The Kier molecular flexibility index (Phi) is 7.99. The zero-order chi connectivity index (χ0) is 49.5. The molecule has 0 unspecified atom stereocenters. The minimum Gasteiger partial charge on any atom is -0.811 e. The molecule has 0 saturated carbocycles. The number of rotatable bonds is 7. The molecule has 0 spiro atoms. The molecule has 7 aromatic rings. The quantitative estimate of drug-likeness (QED) is 0.0910. The number of aromatic nitrogens is 2. The van der Waals surface area contributed by atoms with Crippen LogP contribution < -0.4 is 0 Å². The van der Waals surface area contributed by atoms with Crippen LogP contribution >= 0.6 is 0 Å². The number of pyridine rings is 2. The van der Waals surface area contributed by atoms with Gasteiger partial charge in [0.15, 0.2) is 0 Å². The van der Waals surface area contributed by atoms with Crippen molar-refractivity contribution in [1.82, 2.24) is 9.97 Å². The van der Waals surface area contributed by atoms with Crippen LogP contribution in [0.15, 0.2) is 120 Å². The Morgan fingerprint density at radius 2 is 1.70 bits per heavy atom. The molecule has 272 valence electrons. The molecule has 7 rings (SSSR count). The Bertz CT molecular complexity index is 2990. The molecule has 4 nitrogen and oxygen atoms in total. The minimum absolute atomic E-state index is 0. The van der Waals surface area contributed by atoms with Crippen molar-refractivity contribution in [2.24, 2.45) is 5.41 Å². The van der Waals surface area contributed by atoms with E-state index in [1.54, 1.807) is 48.5 Å². The summed E-state index contributed by atoms with van der Waals surface area (Å²) < 4.78 is 115. The van der Waals surface area contributed by atoms with Crippen molar-refractivity contribution in [3.8, 4) is 22.4 Å². The van der Waals surface area contributed by atoms with E-state index in [4.69, 9.17) is 23.6 Å². The first-order valence-electron chi connectivity index (χ1n) is 23.9. The van der Waals surface area contributed by atoms with Gasteiger partial charge in [0.05, 0.1) is 5.58 Å². The van der Waals surface area contributed by atoms with E-state index in [1.807, 2.05) is 52.0 Å². The first kappa shape index (κ1) is 25.0. The molecule has 0 aliphatic carbocycles. The molecule has 0 saturated heterocycles. The van der Waals surface area contributed by atoms with E-state index < -0.39 is 39.2 Å². The Balaban J connectivity index is 0.000000256. The van der Waals surface area contributed by atoms with Gasteiger partial charge in [0.25, 0.3) is 0 Å². The van der Waals surface area contributed by atoms with Crippen LogP contribution in [-0.4, -0.2) is 16.2 Å². The molecule has 0 atom stereocenters. The van der Waals surface area contributed by atoms with Gasteiger partial charge in [-0.25, -0.2) is 4.98 Å². The van der Waals surface area contributed by atoms with E-state index in [9.17, 15) is 5.41 Å². The van der Waals surface area contributed by atoms with E-state index in [2.05, 4.69) is 22.1 Å². The minimum atomic E-state index is -2.48. The van der Waals surface area contributed by atoms with E-state index in [-0.39, 0.29) is 59.3 Å². The summed E-state index contributed by atoms with van der Waals surface area (Å²) in [6, 6.07) is 32.2. The molecule has 5 heteroatoms. The summed E-state index contributed by atoms with van der Waals surface area (Å²) in [5.74, 6) is 0. The van der Waals surface area contributed by atoms with Gasteiger partial charge in [0.1, 0.15) is 0 Å². The number of fused-ring (bicyclic) bond motifs is 3. The largest absolute Gasteiger partial charge is 3.00 e. The van der Waals surface area contributed by atoms with Crippen molar-refractivity contribution < 1.29 is 43.7 Å². The van der Waals surface area contributed by atoms with Crippen molar-refractivity contribution in [3.05, 3.63) is 172 Å². The average molecular weight is 899 g/mol. The van der Waals surface area contributed by atoms with Gasteiger partial charge in [-0.2, -0.15) is 6.21 Å². The third kappa shape index (κ3) is 9.46. The predicted octanol–water partition coefficient (Wildman–Crippen LogP) is 12.9. The number of allylic oxidation sites excluding steroid dienone is 4. The Labute approximate surface area is 353 Å². The van der Waals surface area contributed by atoms with E-state index in [1.165, 1.54) is 42.6 Å². The van der Waals surface area contributed by atoms with Crippen molar-refractivity contribution in [3.63, 3.8) is 0 Å². The summed E-state index contributed by atoms with van der Waals surface area (Å²) in [5.41, 5.74) is 5.26. The molecule has 0 aliphatic heterocycles. The van der Waals surface area contributed by atoms with E-state index >= 15 is 0 Å². The number of furan rings is 1.